The molecule has 10 heteroatoms. The molecule has 0 aliphatic carbocycles. The molecular weight excluding hydrogens is 510 g/mol. The molecule has 0 unspecified atom stereocenters. The van der Waals surface area contributed by atoms with Gasteiger partial charge in [-0.05, 0) is 41.8 Å². The van der Waals surface area contributed by atoms with Crippen molar-refractivity contribution in [2.75, 3.05) is 25.9 Å². The molecule has 2 atom stereocenters. The summed E-state index contributed by atoms with van der Waals surface area (Å²) in [6.45, 7) is 1.27. The van der Waals surface area contributed by atoms with E-state index in [-0.39, 0.29) is 21.6 Å². The van der Waals surface area contributed by atoms with Crippen LogP contribution in [0.1, 0.15) is 23.5 Å². The lowest BCUT2D eigenvalue weighted by molar-refractivity contribution is -0.125. The van der Waals surface area contributed by atoms with E-state index in [1.165, 1.54) is 24.3 Å². The van der Waals surface area contributed by atoms with Gasteiger partial charge in [-0.1, -0.05) is 60.7 Å². The molecule has 196 valence electrons. The Balaban J connectivity index is 1.39. The van der Waals surface area contributed by atoms with Crippen molar-refractivity contribution in [3.63, 3.8) is 0 Å². The molecule has 1 saturated heterocycles. The zero-order chi connectivity index (χ0) is 26.5. The minimum absolute atomic E-state index is 0.00731. The monoisotopic (exact) mass is 541 g/mol. The molecule has 8 nitrogen and oxygen atoms in total. The molecule has 3 aromatic rings. The van der Waals surface area contributed by atoms with E-state index in [0.29, 0.717) is 26.1 Å². The second kappa shape index (κ2) is 11.6. The van der Waals surface area contributed by atoms with Crippen LogP contribution in [0.3, 0.4) is 0 Å². The number of benzene rings is 3. The number of piperidine rings is 1. The first-order valence-electron chi connectivity index (χ1n) is 12.0. The van der Waals surface area contributed by atoms with Gasteiger partial charge in [-0.2, -0.15) is 0 Å². The predicted molar refractivity (Wildman–Crippen MR) is 142 cm³/mol. The van der Waals surface area contributed by atoms with Crippen molar-refractivity contribution in [2.45, 2.75) is 28.2 Å². The second-order valence-corrected chi connectivity index (χ2v) is 13.0. The molecule has 0 saturated carbocycles. The van der Waals surface area contributed by atoms with Gasteiger partial charge in [-0.15, -0.1) is 0 Å². The van der Waals surface area contributed by atoms with Crippen LogP contribution < -0.4 is 15.4 Å². The van der Waals surface area contributed by atoms with Crippen molar-refractivity contribution in [3.8, 4) is 0 Å². The molecule has 1 aliphatic heterocycles. The average molecular weight is 542 g/mol. The summed E-state index contributed by atoms with van der Waals surface area (Å²) in [5.74, 6) is -0.542. The molecule has 4 rings (SSSR count). The highest BCUT2D eigenvalue weighted by Gasteiger charge is 2.30. The van der Waals surface area contributed by atoms with Crippen LogP contribution in [0.2, 0.25) is 0 Å². The molecule has 0 aromatic heterocycles. The quantitative estimate of drug-likeness (QED) is 0.382. The molecule has 0 spiro atoms. The Morgan fingerprint density at radius 3 is 1.92 bits per heavy atom. The largest absolute Gasteiger partial charge is 0.355 e. The van der Waals surface area contributed by atoms with Crippen molar-refractivity contribution in [2.24, 2.45) is 5.92 Å². The number of sulfone groups is 1. The fourth-order valence-electron chi connectivity index (χ4n) is 4.53. The normalized spacial score (nSPS) is 18.4. The minimum atomic E-state index is -3.89. The van der Waals surface area contributed by atoms with Gasteiger partial charge in [0.25, 0.3) is 0 Å². The standard InChI is InChI=1S/C27H31N3O5S2/c1-36(32,33)24-12-14-25(15-13-24)37(34,35)30-23-16-22(17-28-18-23)27(31)29-19-26(20-8-4-2-5-9-20)21-10-6-3-7-11-21/h2-15,22-23,26,28,30H,16-19H2,1H3,(H,29,31)/t22-,23-/m0/s1. The summed E-state index contributed by atoms with van der Waals surface area (Å²) >= 11 is 0. The van der Waals surface area contributed by atoms with Crippen LogP contribution in [0.4, 0.5) is 0 Å². The minimum Gasteiger partial charge on any atom is -0.355 e. The van der Waals surface area contributed by atoms with Crippen LogP contribution in [0.5, 0.6) is 0 Å². The molecule has 0 bridgehead atoms. The summed E-state index contributed by atoms with van der Waals surface area (Å²) in [7, 11) is -7.31. The van der Waals surface area contributed by atoms with Gasteiger partial charge in [-0.3, -0.25) is 4.79 Å². The third-order valence-corrected chi connectivity index (χ3v) is 9.15. The first kappa shape index (κ1) is 27.0. The molecule has 37 heavy (non-hydrogen) atoms. The summed E-state index contributed by atoms with van der Waals surface area (Å²) in [4.78, 5) is 13.1. The van der Waals surface area contributed by atoms with E-state index in [0.717, 1.165) is 17.4 Å². The van der Waals surface area contributed by atoms with Crippen LogP contribution in [0.15, 0.2) is 94.7 Å². The van der Waals surface area contributed by atoms with Gasteiger partial charge in [-0.25, -0.2) is 21.6 Å². The van der Waals surface area contributed by atoms with E-state index in [9.17, 15) is 21.6 Å². The summed E-state index contributed by atoms with van der Waals surface area (Å²) in [5.41, 5.74) is 2.20. The lowest BCUT2D eigenvalue weighted by Gasteiger charge is -2.30. The zero-order valence-electron chi connectivity index (χ0n) is 20.5. The lowest BCUT2D eigenvalue weighted by Crippen LogP contribution is -2.52. The predicted octanol–water partition coefficient (Wildman–Crippen LogP) is 2.29. The Kier molecular flexibility index (Phi) is 8.43. The van der Waals surface area contributed by atoms with E-state index in [1.807, 2.05) is 60.7 Å². The Morgan fingerprint density at radius 1 is 0.838 bits per heavy atom. The molecule has 3 N–H and O–H groups in total. The Labute approximate surface area is 218 Å². The van der Waals surface area contributed by atoms with Crippen LogP contribution in [-0.2, 0) is 24.7 Å². The number of carbonyl (C=O) groups excluding carboxylic acids is 1. The van der Waals surface area contributed by atoms with E-state index in [2.05, 4.69) is 15.4 Å². The Hall–Kier alpha value is -3.05. The number of rotatable bonds is 9. The number of sulfonamides is 1. The molecule has 1 fully saturated rings. The fraction of sp³-hybridized carbons (Fsp3) is 0.296. The van der Waals surface area contributed by atoms with Crippen molar-refractivity contribution >= 4 is 25.8 Å². The van der Waals surface area contributed by atoms with E-state index >= 15 is 0 Å². The van der Waals surface area contributed by atoms with Gasteiger partial charge >= 0.3 is 0 Å². The van der Waals surface area contributed by atoms with Crippen molar-refractivity contribution < 1.29 is 21.6 Å². The van der Waals surface area contributed by atoms with Crippen molar-refractivity contribution in [3.05, 3.63) is 96.1 Å². The summed E-state index contributed by atoms with van der Waals surface area (Å²) in [6, 6.07) is 24.6. The first-order valence-corrected chi connectivity index (χ1v) is 15.4. The molecular formula is C27H31N3O5S2. The average Bonchev–Trinajstić information content (AvgIpc) is 2.89. The summed E-state index contributed by atoms with van der Waals surface area (Å²) in [6.07, 6.45) is 1.41. The SMILES string of the molecule is CS(=O)(=O)c1ccc(S(=O)(=O)N[C@@H]2CNC[C@@H](C(=O)NCC(c3ccccc3)c3ccccc3)C2)cc1. The smallest absolute Gasteiger partial charge is 0.240 e. The number of amides is 1. The third-order valence-electron chi connectivity index (χ3n) is 6.49. The topological polar surface area (TPSA) is 121 Å². The molecule has 1 amide bonds. The number of hydrogen-bond acceptors (Lipinski definition) is 6. The van der Waals surface area contributed by atoms with Gasteiger partial charge in [0.2, 0.25) is 15.9 Å². The van der Waals surface area contributed by atoms with Gasteiger partial charge in [0.15, 0.2) is 9.84 Å². The second-order valence-electron chi connectivity index (χ2n) is 9.27. The molecule has 1 heterocycles. The third kappa shape index (κ3) is 7.04. The highest BCUT2D eigenvalue weighted by Crippen LogP contribution is 2.24. The maximum absolute atomic E-state index is 13.1. The van der Waals surface area contributed by atoms with E-state index < -0.39 is 31.8 Å². The Morgan fingerprint density at radius 2 is 1.38 bits per heavy atom. The maximum atomic E-state index is 13.1. The van der Waals surface area contributed by atoms with Crippen LogP contribution in [-0.4, -0.2) is 54.7 Å². The molecule has 3 aromatic carbocycles. The zero-order valence-corrected chi connectivity index (χ0v) is 22.1. The van der Waals surface area contributed by atoms with Crippen molar-refractivity contribution in [1.82, 2.24) is 15.4 Å². The van der Waals surface area contributed by atoms with Crippen LogP contribution in [0.25, 0.3) is 0 Å². The van der Waals surface area contributed by atoms with Crippen LogP contribution >= 0.6 is 0 Å². The van der Waals surface area contributed by atoms with Crippen molar-refractivity contribution in [1.29, 1.82) is 0 Å². The van der Waals surface area contributed by atoms with Gasteiger partial charge in [0, 0.05) is 37.8 Å². The summed E-state index contributed by atoms with van der Waals surface area (Å²) < 4.78 is 51.7. The highest BCUT2D eigenvalue weighted by molar-refractivity contribution is 7.90. The van der Waals surface area contributed by atoms with Gasteiger partial charge < -0.3 is 10.6 Å². The molecule has 1 aliphatic rings. The number of hydrogen-bond donors (Lipinski definition) is 3. The number of carbonyl (C=O) groups is 1. The fourth-order valence-corrected chi connectivity index (χ4v) is 6.41. The highest BCUT2D eigenvalue weighted by atomic mass is 32.2. The van der Waals surface area contributed by atoms with Gasteiger partial charge in [0.05, 0.1) is 15.7 Å². The van der Waals surface area contributed by atoms with E-state index in [4.69, 9.17) is 0 Å². The molecule has 0 radical (unpaired) electrons. The van der Waals surface area contributed by atoms with Gasteiger partial charge in [0.1, 0.15) is 0 Å². The van der Waals surface area contributed by atoms with Crippen LogP contribution in [0, 0.1) is 5.92 Å². The number of nitrogens with one attached hydrogen (secondary N) is 3. The van der Waals surface area contributed by atoms with E-state index in [1.54, 1.807) is 0 Å². The lowest BCUT2D eigenvalue weighted by atomic mass is 9.90. The first-order chi connectivity index (χ1) is 17.6. The Bertz CT molecular complexity index is 1370. The maximum Gasteiger partial charge on any atom is 0.240 e. The summed E-state index contributed by atoms with van der Waals surface area (Å²) in [5, 5.41) is 6.22.